The number of piperidine rings is 1. The molecule has 4 rings (SSSR count). The first-order chi connectivity index (χ1) is 15.5. The topological polar surface area (TPSA) is 78.2 Å². The summed E-state index contributed by atoms with van der Waals surface area (Å²) in [6, 6.07) is 14.1. The summed E-state index contributed by atoms with van der Waals surface area (Å²) in [5, 5.41) is 13.7. The molecule has 32 heavy (non-hydrogen) atoms. The van der Waals surface area contributed by atoms with Crippen LogP contribution in [0.5, 0.6) is 5.75 Å². The molecule has 6 nitrogen and oxygen atoms in total. The molecule has 0 radical (unpaired) electrons. The number of nitrogens with one attached hydrogen (secondary N) is 1. The van der Waals surface area contributed by atoms with Crippen molar-refractivity contribution in [2.45, 2.75) is 33.6 Å². The lowest BCUT2D eigenvalue weighted by Gasteiger charge is -2.34. The number of pyridine rings is 1. The lowest BCUT2D eigenvalue weighted by Crippen LogP contribution is -2.38. The number of nitriles is 1. The van der Waals surface area contributed by atoms with Crippen molar-refractivity contribution in [2.24, 2.45) is 5.92 Å². The van der Waals surface area contributed by atoms with Crippen LogP contribution in [0, 0.1) is 31.1 Å². The minimum absolute atomic E-state index is 0.0505. The zero-order valence-electron chi connectivity index (χ0n) is 18.8. The van der Waals surface area contributed by atoms with Crippen LogP contribution in [0.1, 0.15) is 36.5 Å². The number of nitrogens with zero attached hydrogens (tertiary/aromatic N) is 3. The van der Waals surface area contributed by atoms with E-state index < -0.39 is 0 Å². The number of carbonyl (C=O) groups is 1. The van der Waals surface area contributed by atoms with Gasteiger partial charge in [-0.3, -0.25) is 9.78 Å². The fourth-order valence-corrected chi connectivity index (χ4v) is 4.27. The highest BCUT2D eigenvalue weighted by Crippen LogP contribution is 2.34. The standard InChI is InChI=1S/C26H28N4O2/c1-4-32-22-7-8-24-23(14-22)25(20(15-27)16-28-24)30-11-9-19(10-12-30)26(31)29-21-6-5-17(2)18(3)13-21/h5-8,13-14,16,19H,4,9-12H2,1-3H3,(H,29,31). The van der Waals surface area contributed by atoms with Gasteiger partial charge in [-0.15, -0.1) is 0 Å². The summed E-state index contributed by atoms with van der Waals surface area (Å²) in [7, 11) is 0. The first-order valence-corrected chi connectivity index (χ1v) is 11.1. The lowest BCUT2D eigenvalue weighted by atomic mass is 9.94. The number of hydrogen-bond donors (Lipinski definition) is 1. The maximum atomic E-state index is 12.9. The van der Waals surface area contributed by atoms with Gasteiger partial charge in [-0.2, -0.15) is 5.26 Å². The van der Waals surface area contributed by atoms with Gasteiger partial charge in [0.05, 0.1) is 23.4 Å². The van der Waals surface area contributed by atoms with Crippen molar-refractivity contribution in [3.63, 3.8) is 0 Å². The molecule has 1 saturated heterocycles. The van der Waals surface area contributed by atoms with E-state index in [4.69, 9.17) is 4.74 Å². The highest BCUT2D eigenvalue weighted by molar-refractivity contribution is 5.96. The van der Waals surface area contributed by atoms with E-state index in [1.165, 1.54) is 5.56 Å². The Morgan fingerprint density at radius 2 is 1.97 bits per heavy atom. The second kappa shape index (κ2) is 9.27. The van der Waals surface area contributed by atoms with Crippen LogP contribution in [0.2, 0.25) is 0 Å². The van der Waals surface area contributed by atoms with Crippen LogP contribution in [0.4, 0.5) is 11.4 Å². The summed E-state index contributed by atoms with van der Waals surface area (Å²) in [4.78, 5) is 19.5. The molecule has 2 heterocycles. The molecule has 1 fully saturated rings. The minimum Gasteiger partial charge on any atom is -0.494 e. The van der Waals surface area contributed by atoms with Crippen LogP contribution in [0.15, 0.2) is 42.6 Å². The van der Waals surface area contributed by atoms with E-state index >= 15 is 0 Å². The second-order valence-electron chi connectivity index (χ2n) is 8.29. The van der Waals surface area contributed by atoms with Gasteiger partial charge in [0.1, 0.15) is 11.8 Å². The van der Waals surface area contributed by atoms with E-state index in [0.29, 0.717) is 25.3 Å². The number of aryl methyl sites for hydroxylation is 2. The average Bonchev–Trinajstić information content (AvgIpc) is 2.81. The van der Waals surface area contributed by atoms with Gasteiger partial charge < -0.3 is 15.0 Å². The van der Waals surface area contributed by atoms with Crippen LogP contribution in [-0.4, -0.2) is 30.6 Å². The Kier molecular flexibility index (Phi) is 6.27. The summed E-state index contributed by atoms with van der Waals surface area (Å²) in [6.45, 7) is 8.05. The molecule has 1 aliphatic heterocycles. The number of fused-ring (bicyclic) bond motifs is 1. The quantitative estimate of drug-likeness (QED) is 0.620. The van der Waals surface area contributed by atoms with E-state index in [1.54, 1.807) is 6.20 Å². The first kappa shape index (κ1) is 21.6. The molecule has 2 aromatic carbocycles. The Bertz CT molecular complexity index is 1190. The maximum Gasteiger partial charge on any atom is 0.227 e. The Morgan fingerprint density at radius 3 is 2.66 bits per heavy atom. The molecule has 0 saturated carbocycles. The van der Waals surface area contributed by atoms with Gasteiger partial charge in [-0.05, 0) is 75.1 Å². The molecule has 1 amide bonds. The number of amides is 1. The number of benzene rings is 2. The summed E-state index contributed by atoms with van der Waals surface area (Å²) in [5.74, 6) is 0.776. The van der Waals surface area contributed by atoms with Gasteiger partial charge in [-0.1, -0.05) is 6.07 Å². The summed E-state index contributed by atoms with van der Waals surface area (Å²) >= 11 is 0. The van der Waals surface area contributed by atoms with Crippen LogP contribution in [0.3, 0.4) is 0 Å². The third-order valence-electron chi connectivity index (χ3n) is 6.20. The third-order valence-corrected chi connectivity index (χ3v) is 6.20. The zero-order valence-corrected chi connectivity index (χ0v) is 18.8. The number of aromatic nitrogens is 1. The van der Waals surface area contributed by atoms with Gasteiger partial charge >= 0.3 is 0 Å². The van der Waals surface area contributed by atoms with Gasteiger partial charge in [0, 0.05) is 36.3 Å². The molecule has 0 spiro atoms. The maximum absolute atomic E-state index is 12.9. The van der Waals surface area contributed by atoms with E-state index in [9.17, 15) is 10.1 Å². The Morgan fingerprint density at radius 1 is 1.19 bits per heavy atom. The first-order valence-electron chi connectivity index (χ1n) is 11.1. The molecular formula is C26H28N4O2. The number of anilines is 2. The van der Waals surface area contributed by atoms with Crippen molar-refractivity contribution in [3.05, 3.63) is 59.3 Å². The number of carbonyl (C=O) groups excluding carboxylic acids is 1. The summed E-state index contributed by atoms with van der Waals surface area (Å²) < 4.78 is 5.67. The normalized spacial score (nSPS) is 14.2. The molecule has 0 aliphatic carbocycles. The monoisotopic (exact) mass is 428 g/mol. The van der Waals surface area contributed by atoms with Gasteiger partial charge in [0.2, 0.25) is 5.91 Å². The number of rotatable bonds is 5. The molecule has 3 aromatic rings. The largest absolute Gasteiger partial charge is 0.494 e. The number of ether oxygens (including phenoxy) is 1. The second-order valence-corrected chi connectivity index (χ2v) is 8.29. The Hall–Kier alpha value is -3.59. The predicted octanol–water partition coefficient (Wildman–Crippen LogP) is 4.98. The molecule has 0 bridgehead atoms. The molecular weight excluding hydrogens is 400 g/mol. The van der Waals surface area contributed by atoms with Crippen LogP contribution >= 0.6 is 0 Å². The average molecular weight is 429 g/mol. The van der Waals surface area contributed by atoms with E-state index in [0.717, 1.165) is 46.4 Å². The molecule has 6 heteroatoms. The molecule has 1 N–H and O–H groups in total. The van der Waals surface area contributed by atoms with Crippen molar-refractivity contribution in [1.29, 1.82) is 5.26 Å². The Balaban J connectivity index is 1.52. The van der Waals surface area contributed by atoms with Crippen molar-refractivity contribution in [1.82, 2.24) is 4.98 Å². The van der Waals surface area contributed by atoms with Crippen molar-refractivity contribution in [2.75, 3.05) is 29.9 Å². The summed E-state index contributed by atoms with van der Waals surface area (Å²) in [6.07, 6.45) is 3.10. The van der Waals surface area contributed by atoms with Crippen molar-refractivity contribution < 1.29 is 9.53 Å². The van der Waals surface area contributed by atoms with Crippen molar-refractivity contribution >= 4 is 28.2 Å². The predicted molar refractivity (Wildman–Crippen MR) is 127 cm³/mol. The van der Waals surface area contributed by atoms with Crippen molar-refractivity contribution in [3.8, 4) is 11.8 Å². The fraction of sp³-hybridized carbons (Fsp3) is 0.346. The fourth-order valence-electron chi connectivity index (χ4n) is 4.27. The minimum atomic E-state index is -0.0505. The van der Waals surface area contributed by atoms with E-state index in [-0.39, 0.29) is 11.8 Å². The molecule has 0 unspecified atom stereocenters. The van der Waals surface area contributed by atoms with E-state index in [2.05, 4.69) is 28.2 Å². The van der Waals surface area contributed by atoms with Crippen LogP contribution in [-0.2, 0) is 4.79 Å². The lowest BCUT2D eigenvalue weighted by molar-refractivity contribution is -0.120. The Labute approximate surface area is 188 Å². The zero-order chi connectivity index (χ0) is 22.7. The highest BCUT2D eigenvalue weighted by atomic mass is 16.5. The smallest absolute Gasteiger partial charge is 0.227 e. The SMILES string of the molecule is CCOc1ccc2ncc(C#N)c(N3CCC(C(=O)Nc4ccc(C)c(C)c4)CC3)c2c1. The van der Waals surface area contributed by atoms with Gasteiger partial charge in [0.25, 0.3) is 0 Å². The highest BCUT2D eigenvalue weighted by Gasteiger charge is 2.27. The van der Waals surface area contributed by atoms with Gasteiger partial charge in [-0.25, -0.2) is 0 Å². The summed E-state index contributed by atoms with van der Waals surface area (Å²) in [5.41, 5.74) is 5.48. The number of hydrogen-bond acceptors (Lipinski definition) is 5. The van der Waals surface area contributed by atoms with Crippen LogP contribution in [0.25, 0.3) is 10.9 Å². The molecule has 0 atom stereocenters. The van der Waals surface area contributed by atoms with Crippen LogP contribution < -0.4 is 15.0 Å². The van der Waals surface area contributed by atoms with Gasteiger partial charge in [0.15, 0.2) is 0 Å². The molecule has 1 aliphatic rings. The van der Waals surface area contributed by atoms with E-state index in [1.807, 2.05) is 50.2 Å². The third kappa shape index (κ3) is 4.38. The molecule has 1 aromatic heterocycles. The molecule has 164 valence electrons.